The van der Waals surface area contributed by atoms with Crippen molar-refractivity contribution in [3.8, 4) is 5.75 Å². The Morgan fingerprint density at radius 3 is 2.69 bits per heavy atom. The highest BCUT2D eigenvalue weighted by atomic mass is 32.2. The van der Waals surface area contributed by atoms with E-state index in [0.29, 0.717) is 41.1 Å². The Bertz CT molecular complexity index is 1300. The topological polar surface area (TPSA) is 127 Å². The van der Waals surface area contributed by atoms with Crippen molar-refractivity contribution in [1.82, 2.24) is 15.3 Å². The number of likely N-dealkylation sites (N-methyl/N-ethyl adjacent to an activating group) is 1. The number of carbonyl (C=O) groups excluding carboxylic acids is 1. The van der Waals surface area contributed by atoms with Gasteiger partial charge in [0.2, 0.25) is 5.95 Å². The summed E-state index contributed by atoms with van der Waals surface area (Å²) in [5.41, 5.74) is 8.49. The van der Waals surface area contributed by atoms with E-state index in [1.165, 1.54) is 0 Å². The number of amides is 1. The number of carbonyl (C=O) groups is 1. The van der Waals surface area contributed by atoms with E-state index < -0.39 is 0 Å². The van der Waals surface area contributed by atoms with Crippen molar-refractivity contribution in [2.75, 3.05) is 29.7 Å². The van der Waals surface area contributed by atoms with E-state index in [-0.39, 0.29) is 5.91 Å². The van der Waals surface area contributed by atoms with Gasteiger partial charge in [0.05, 0.1) is 4.90 Å². The van der Waals surface area contributed by atoms with Crippen LogP contribution in [0.1, 0.15) is 6.42 Å². The Morgan fingerprint density at radius 1 is 1.11 bits per heavy atom. The van der Waals surface area contributed by atoms with E-state index in [4.69, 9.17) is 10.5 Å². The molecule has 0 fully saturated rings. The first-order chi connectivity index (χ1) is 17.0. The molecular formula is C25H25N7O2S. The number of allylic oxidation sites excluding steroid dienone is 2. The van der Waals surface area contributed by atoms with Crippen LogP contribution >= 0.6 is 11.8 Å². The standard InChI is InChI=1S/C25H25N7O2S/c1-27-24(33)21-14-20(7-4-12-28-21)34-19-10-8-17(9-11-19)31-25-29-15-22(35-2)23(32-25)30-18-6-3-5-16(26)13-18/h3,5-15H,4,26H2,1-2H3,(H,27,33)(H2,29,30,31,32). The number of rotatable bonds is 8. The number of ether oxygens (including phenoxy) is 1. The van der Waals surface area contributed by atoms with Crippen LogP contribution in [0.4, 0.5) is 28.8 Å². The van der Waals surface area contributed by atoms with Crippen LogP contribution < -0.4 is 26.4 Å². The fraction of sp³-hybridized carbons (Fsp3) is 0.120. The van der Waals surface area contributed by atoms with Gasteiger partial charge >= 0.3 is 0 Å². The fourth-order valence-corrected chi connectivity index (χ4v) is 3.62. The predicted molar refractivity (Wildman–Crippen MR) is 142 cm³/mol. The van der Waals surface area contributed by atoms with E-state index in [9.17, 15) is 4.79 Å². The maximum absolute atomic E-state index is 11.9. The highest BCUT2D eigenvalue weighted by molar-refractivity contribution is 7.98. The number of hydrogen-bond acceptors (Lipinski definition) is 9. The Balaban J connectivity index is 1.46. The van der Waals surface area contributed by atoms with Crippen LogP contribution in [0.5, 0.6) is 5.75 Å². The second-order valence-corrected chi connectivity index (χ2v) is 8.22. The second-order valence-electron chi connectivity index (χ2n) is 7.38. The monoisotopic (exact) mass is 487 g/mol. The Morgan fingerprint density at radius 2 is 1.94 bits per heavy atom. The number of nitrogens with zero attached hydrogens (tertiary/aromatic N) is 3. The normalized spacial score (nSPS) is 12.7. The summed E-state index contributed by atoms with van der Waals surface area (Å²) >= 11 is 1.55. The Hall–Kier alpha value is -4.31. The largest absolute Gasteiger partial charge is 0.458 e. The van der Waals surface area contributed by atoms with Gasteiger partial charge in [-0.05, 0) is 54.8 Å². The van der Waals surface area contributed by atoms with Crippen LogP contribution in [0, 0.1) is 0 Å². The first-order valence-corrected chi connectivity index (χ1v) is 12.0. The van der Waals surface area contributed by atoms with Gasteiger partial charge in [-0.15, -0.1) is 11.8 Å². The number of aliphatic imine (C=N–C) groups is 1. The van der Waals surface area contributed by atoms with Gasteiger partial charge in [0, 0.05) is 49.0 Å². The van der Waals surface area contributed by atoms with Gasteiger partial charge in [-0.25, -0.2) is 4.98 Å². The third-order valence-corrected chi connectivity index (χ3v) is 5.60. The molecule has 1 aromatic heterocycles. The molecular weight excluding hydrogens is 462 g/mol. The zero-order valence-corrected chi connectivity index (χ0v) is 20.1. The molecule has 1 aliphatic heterocycles. The summed E-state index contributed by atoms with van der Waals surface area (Å²) < 4.78 is 5.93. The lowest BCUT2D eigenvalue weighted by Crippen LogP contribution is -2.19. The summed E-state index contributed by atoms with van der Waals surface area (Å²) in [6, 6.07) is 14.9. The zero-order valence-electron chi connectivity index (χ0n) is 19.3. The SMILES string of the molecule is CNC(=O)C1=CC(Oc2ccc(Nc3ncc(SC)c(Nc4cccc(N)c4)n3)cc2)=CCC=N1. The number of aromatic nitrogens is 2. The molecule has 3 aromatic rings. The number of nitrogen functional groups attached to an aromatic ring is 1. The maximum Gasteiger partial charge on any atom is 0.269 e. The van der Waals surface area contributed by atoms with Crippen LogP contribution in [0.25, 0.3) is 0 Å². The minimum Gasteiger partial charge on any atom is -0.458 e. The van der Waals surface area contributed by atoms with Gasteiger partial charge in [0.25, 0.3) is 5.91 Å². The number of benzene rings is 2. The molecule has 0 bridgehead atoms. The van der Waals surface area contributed by atoms with Crippen molar-refractivity contribution in [1.29, 1.82) is 0 Å². The van der Waals surface area contributed by atoms with Crippen LogP contribution in [0.3, 0.4) is 0 Å². The molecule has 5 N–H and O–H groups in total. The van der Waals surface area contributed by atoms with Gasteiger partial charge in [0.1, 0.15) is 23.0 Å². The molecule has 1 aliphatic rings. The number of nitrogens with two attached hydrogens (primary N) is 1. The summed E-state index contributed by atoms with van der Waals surface area (Å²) in [6.07, 6.45) is 9.46. The second kappa shape index (κ2) is 11.2. The third-order valence-electron chi connectivity index (χ3n) is 4.86. The Labute approximate surface area is 207 Å². The van der Waals surface area contributed by atoms with Crippen molar-refractivity contribution in [2.24, 2.45) is 4.99 Å². The van der Waals surface area contributed by atoms with Gasteiger partial charge < -0.3 is 26.4 Å². The number of nitrogens with one attached hydrogen (secondary N) is 3. The fourth-order valence-electron chi connectivity index (χ4n) is 3.17. The first-order valence-electron chi connectivity index (χ1n) is 10.8. The molecule has 2 heterocycles. The highest BCUT2D eigenvalue weighted by Crippen LogP contribution is 2.28. The maximum atomic E-state index is 11.9. The van der Waals surface area contributed by atoms with Gasteiger partial charge in [0.15, 0.2) is 0 Å². The molecule has 0 aliphatic carbocycles. The number of anilines is 5. The molecule has 1 amide bonds. The molecule has 35 heavy (non-hydrogen) atoms. The lowest BCUT2D eigenvalue weighted by molar-refractivity contribution is -0.117. The molecule has 4 rings (SSSR count). The molecule has 178 valence electrons. The summed E-state index contributed by atoms with van der Waals surface area (Å²) in [6.45, 7) is 0. The lowest BCUT2D eigenvalue weighted by atomic mass is 10.3. The number of thioether (sulfide) groups is 1. The summed E-state index contributed by atoms with van der Waals surface area (Å²) in [5, 5.41) is 9.08. The average Bonchev–Trinajstić information content (AvgIpc) is 3.10. The molecule has 0 saturated heterocycles. The van der Waals surface area contributed by atoms with E-state index >= 15 is 0 Å². The van der Waals surface area contributed by atoms with E-state index in [1.54, 1.807) is 37.3 Å². The molecule has 9 nitrogen and oxygen atoms in total. The molecule has 2 aromatic carbocycles. The highest BCUT2D eigenvalue weighted by Gasteiger charge is 2.11. The van der Waals surface area contributed by atoms with E-state index in [2.05, 4.69) is 30.9 Å². The predicted octanol–water partition coefficient (Wildman–Crippen LogP) is 4.64. The summed E-state index contributed by atoms with van der Waals surface area (Å²) in [7, 11) is 1.56. The minimum absolute atomic E-state index is 0.269. The van der Waals surface area contributed by atoms with Crippen LogP contribution in [0.15, 0.2) is 88.2 Å². The van der Waals surface area contributed by atoms with Gasteiger partial charge in [-0.2, -0.15) is 4.98 Å². The van der Waals surface area contributed by atoms with Crippen LogP contribution in [-0.2, 0) is 4.79 Å². The van der Waals surface area contributed by atoms with Crippen molar-refractivity contribution in [3.63, 3.8) is 0 Å². The molecule has 0 saturated carbocycles. The van der Waals surface area contributed by atoms with E-state index in [1.807, 2.05) is 60.9 Å². The third kappa shape index (κ3) is 6.39. The van der Waals surface area contributed by atoms with Crippen molar-refractivity contribution >= 4 is 52.7 Å². The molecule has 10 heteroatoms. The zero-order chi connectivity index (χ0) is 24.6. The molecule has 0 spiro atoms. The van der Waals surface area contributed by atoms with E-state index in [0.717, 1.165) is 16.3 Å². The summed E-state index contributed by atoms with van der Waals surface area (Å²) in [5.74, 6) is 2.04. The van der Waals surface area contributed by atoms with Gasteiger partial charge in [-0.3, -0.25) is 9.79 Å². The van der Waals surface area contributed by atoms with Crippen molar-refractivity contribution in [2.45, 2.75) is 11.3 Å². The van der Waals surface area contributed by atoms with Crippen LogP contribution in [0.2, 0.25) is 0 Å². The molecule has 0 radical (unpaired) electrons. The smallest absolute Gasteiger partial charge is 0.269 e. The van der Waals surface area contributed by atoms with Crippen molar-refractivity contribution in [3.05, 3.63) is 78.3 Å². The van der Waals surface area contributed by atoms with Gasteiger partial charge in [-0.1, -0.05) is 6.07 Å². The quantitative estimate of drug-likeness (QED) is 0.267. The van der Waals surface area contributed by atoms with Crippen LogP contribution in [-0.4, -0.2) is 35.4 Å². The molecule has 0 atom stereocenters. The average molecular weight is 488 g/mol. The number of hydrogen-bond donors (Lipinski definition) is 4. The summed E-state index contributed by atoms with van der Waals surface area (Å²) in [4.78, 5) is 26.0. The Kier molecular flexibility index (Phi) is 7.63. The lowest BCUT2D eigenvalue weighted by Gasteiger charge is -2.12. The first kappa shape index (κ1) is 23.8. The minimum atomic E-state index is -0.269. The molecule has 0 unspecified atom stereocenters. The van der Waals surface area contributed by atoms with Crippen molar-refractivity contribution < 1.29 is 9.53 Å².